The second kappa shape index (κ2) is 38.9. The standard InChI is InChI=1S/C43H38N4O4S2.C3H7.5CN.Os/c48-40(18-15-36-21-24-44-25-22-36)39(45-41(49)23-26-47-42(50)19-20-43(47)51)31-37-11-9-34(10-12-37)6-5-32-1-3-33(4-2-32)7-8-35-13-16-38(17-14-35)46-27-29-52-53-30-28-46;1-3-2;5*1-2;/h1-4,9-14,16-17,19-22,24-25,39H,15,18,23,26-31H2,(H,45,49);3H,1-2H3;;;;;;/q;6*-1;. The smallest absolute Gasteiger partial charge is 0.253 e. The van der Waals surface area contributed by atoms with Gasteiger partial charge in [-0.3, -0.25) is 29.1 Å². The molecule has 13 nitrogen and oxygen atoms in total. The molecule has 2 aliphatic rings. The monoisotopic (exact) mass is 1100 g/mol. The molecule has 3 heterocycles. The van der Waals surface area contributed by atoms with Crippen molar-refractivity contribution in [2.45, 2.75) is 45.6 Å². The minimum Gasteiger partial charge on any atom is -0.512 e. The van der Waals surface area contributed by atoms with E-state index in [1.54, 1.807) is 12.4 Å². The van der Waals surface area contributed by atoms with Crippen LogP contribution in [-0.2, 0) is 51.8 Å². The number of carbonyl (C=O) groups excluding carboxylic acids is 4. The number of aryl methyl sites for hydroxylation is 1. The molecule has 16 heteroatoms. The second-order valence-electron chi connectivity index (χ2n) is 13.1. The Bertz CT molecular complexity index is 2300. The second-order valence-corrected chi connectivity index (χ2v) is 15.8. The molecular weight excluding hydrogens is 1060 g/mol. The molecular formula is C51H45N9O4OsS2-6. The number of pyridine rings is 1. The van der Waals surface area contributed by atoms with Crippen LogP contribution in [-0.4, -0.2) is 70.6 Å². The number of imide groups is 1. The van der Waals surface area contributed by atoms with Gasteiger partial charge in [0.05, 0.1) is 6.04 Å². The molecule has 0 spiro atoms. The first-order valence-electron chi connectivity index (χ1n) is 19.7. The van der Waals surface area contributed by atoms with Gasteiger partial charge >= 0.3 is 0 Å². The van der Waals surface area contributed by atoms with Crippen LogP contribution in [0.5, 0.6) is 0 Å². The number of ketones is 1. The van der Waals surface area contributed by atoms with Crippen molar-refractivity contribution in [1.82, 2.24) is 15.2 Å². The van der Waals surface area contributed by atoms with Gasteiger partial charge in [0, 0.05) is 116 Å². The molecule has 1 aromatic heterocycles. The molecule has 1 N–H and O–H groups in total. The minimum absolute atomic E-state index is 0. The molecule has 0 bridgehead atoms. The van der Waals surface area contributed by atoms with Crippen molar-refractivity contribution >= 4 is 50.8 Å². The first-order chi connectivity index (χ1) is 32.3. The Labute approximate surface area is 416 Å². The average molecular weight is 1100 g/mol. The minimum atomic E-state index is -0.770. The summed E-state index contributed by atoms with van der Waals surface area (Å²) in [5.41, 5.74) is 6.67. The number of benzene rings is 3. The number of aromatic nitrogens is 1. The number of rotatable bonds is 11. The summed E-state index contributed by atoms with van der Waals surface area (Å²) in [6.07, 6.45) is 8.68. The van der Waals surface area contributed by atoms with Crippen LogP contribution in [0.1, 0.15) is 60.1 Å². The molecule has 1 fully saturated rings. The molecule has 0 aliphatic carbocycles. The van der Waals surface area contributed by atoms with E-state index in [0.717, 1.165) is 62.9 Å². The molecule has 1 atom stereocenters. The third kappa shape index (κ3) is 23.9. The summed E-state index contributed by atoms with van der Waals surface area (Å²) in [6.45, 7) is 29.8. The van der Waals surface area contributed by atoms with E-state index in [1.807, 2.05) is 103 Å². The zero-order chi connectivity index (χ0) is 49.5. The van der Waals surface area contributed by atoms with Gasteiger partial charge in [-0.1, -0.05) is 57.4 Å². The predicted octanol–water partition coefficient (Wildman–Crippen LogP) is 7.34. The van der Waals surface area contributed by atoms with Gasteiger partial charge in [-0.15, -0.1) is 0 Å². The summed E-state index contributed by atoms with van der Waals surface area (Å²) in [6, 6.07) is 26.9. The van der Waals surface area contributed by atoms with Crippen molar-refractivity contribution in [3.63, 3.8) is 0 Å². The van der Waals surface area contributed by atoms with E-state index in [9.17, 15) is 19.2 Å². The summed E-state index contributed by atoms with van der Waals surface area (Å²) in [5, 5.41) is 34.1. The van der Waals surface area contributed by atoms with Crippen LogP contribution in [0.3, 0.4) is 0 Å². The molecule has 6 rings (SSSR count). The zero-order valence-corrected chi connectivity index (χ0v) is 41.0. The van der Waals surface area contributed by atoms with Gasteiger partial charge in [-0.25, -0.2) is 0 Å². The predicted molar refractivity (Wildman–Crippen MR) is 253 cm³/mol. The summed E-state index contributed by atoms with van der Waals surface area (Å²) < 4.78 is 0. The summed E-state index contributed by atoms with van der Waals surface area (Å²) in [7, 11) is 3.88. The van der Waals surface area contributed by atoms with Crippen LogP contribution in [0, 0.1) is 89.3 Å². The Morgan fingerprint density at radius 3 is 1.49 bits per heavy atom. The van der Waals surface area contributed by atoms with Crippen LogP contribution in [0.2, 0.25) is 0 Å². The average Bonchev–Trinajstić information content (AvgIpc) is 3.51. The van der Waals surface area contributed by atoms with Crippen LogP contribution >= 0.6 is 21.6 Å². The Hall–Kier alpha value is -7.46. The zero-order valence-electron chi connectivity index (χ0n) is 36.8. The largest absolute Gasteiger partial charge is 0.512 e. The Balaban J connectivity index is 0. The van der Waals surface area contributed by atoms with Crippen LogP contribution < -0.4 is 10.2 Å². The summed E-state index contributed by atoms with van der Waals surface area (Å²) in [4.78, 5) is 57.5. The summed E-state index contributed by atoms with van der Waals surface area (Å²) >= 11 is 0. The number of nitrogens with zero attached hydrogens (tertiary/aromatic N) is 8. The number of amides is 3. The molecule has 2 aliphatic heterocycles. The molecule has 1 saturated heterocycles. The number of nitrogens with one attached hydrogen (secondary N) is 1. The van der Waals surface area contributed by atoms with E-state index in [0.29, 0.717) is 12.8 Å². The topological polar surface area (TPSA) is 219 Å². The Morgan fingerprint density at radius 2 is 1.06 bits per heavy atom. The fourth-order valence-corrected chi connectivity index (χ4v) is 7.77. The SMILES string of the molecule is C[CH-]C.O=C(CCN1C(=O)C=CC1=O)NC(Cc1ccc(C#Cc2ccc(C#Cc3ccc(N4CCSSCC4)cc3)cc2)cc1)C(=O)CCc1ccncc1.[C-]#N.[C-]#N.[C-]#N.[C-]#N.[C-]#N.[Os]. The van der Waals surface area contributed by atoms with Crippen molar-refractivity contribution in [2.24, 2.45) is 0 Å². The number of Topliss-reactive ketones (excluding diaryl/α,β-unsaturated/α-hetero) is 1. The molecule has 3 amide bonds. The molecule has 67 heavy (non-hydrogen) atoms. The van der Waals surface area contributed by atoms with Crippen molar-refractivity contribution in [3.8, 4) is 23.7 Å². The van der Waals surface area contributed by atoms with E-state index in [1.165, 1.54) is 17.8 Å². The Morgan fingerprint density at radius 1 is 0.657 bits per heavy atom. The molecule has 1 unspecified atom stereocenters. The number of anilines is 1. The summed E-state index contributed by atoms with van der Waals surface area (Å²) in [5.74, 6) is 13.8. The first-order valence-corrected chi connectivity index (χ1v) is 22.2. The van der Waals surface area contributed by atoms with E-state index in [-0.39, 0.29) is 45.0 Å². The molecule has 3 aromatic carbocycles. The van der Waals surface area contributed by atoms with Gasteiger partial charge in [-0.2, -0.15) is 13.8 Å². The van der Waals surface area contributed by atoms with E-state index >= 15 is 0 Å². The van der Waals surface area contributed by atoms with Crippen LogP contribution in [0.25, 0.3) is 0 Å². The number of carbonyl (C=O) groups is 4. The first kappa shape index (κ1) is 61.6. The van der Waals surface area contributed by atoms with Crippen molar-refractivity contribution in [3.05, 3.63) is 182 Å². The normalized spacial score (nSPS) is 11.8. The maximum Gasteiger partial charge on any atom is 0.253 e. The molecule has 0 radical (unpaired) electrons. The Kier molecular flexibility index (Phi) is 35.8. The van der Waals surface area contributed by atoms with E-state index in [4.69, 9.17) is 59.2 Å². The van der Waals surface area contributed by atoms with E-state index in [2.05, 4.69) is 63.1 Å². The van der Waals surface area contributed by atoms with Gasteiger partial charge in [0.1, 0.15) is 0 Å². The van der Waals surface area contributed by atoms with Gasteiger partial charge < -0.3 is 75.8 Å². The molecule has 0 saturated carbocycles. The number of hydrogen-bond acceptors (Lipinski definition) is 13. The van der Waals surface area contributed by atoms with E-state index < -0.39 is 23.8 Å². The molecule has 344 valence electrons. The van der Waals surface area contributed by atoms with Crippen molar-refractivity contribution < 1.29 is 39.0 Å². The quantitative estimate of drug-likeness (QED) is 0.0674. The maximum atomic E-state index is 13.4. The van der Waals surface area contributed by atoms with Gasteiger partial charge in [0.25, 0.3) is 11.8 Å². The third-order valence-corrected chi connectivity index (χ3v) is 11.1. The van der Waals surface area contributed by atoms with Gasteiger partial charge in [0.2, 0.25) is 5.91 Å². The fraction of sp³-hybridized carbons (Fsp3) is 0.235. The van der Waals surface area contributed by atoms with Crippen LogP contribution in [0.15, 0.2) is 109 Å². The fourth-order valence-electron chi connectivity index (χ4n) is 5.79. The molecule has 4 aromatic rings. The van der Waals surface area contributed by atoms with Gasteiger partial charge in [-0.05, 0) is 96.8 Å². The maximum absolute atomic E-state index is 13.4. The van der Waals surface area contributed by atoms with Crippen LogP contribution in [0.4, 0.5) is 5.69 Å². The number of hydrogen-bond donors (Lipinski definition) is 1. The van der Waals surface area contributed by atoms with Crippen molar-refractivity contribution in [2.75, 3.05) is 36.0 Å². The van der Waals surface area contributed by atoms with Crippen molar-refractivity contribution in [1.29, 1.82) is 26.3 Å². The van der Waals surface area contributed by atoms with Gasteiger partial charge in [0.15, 0.2) is 5.78 Å². The third-order valence-electron chi connectivity index (χ3n) is 8.78.